The summed E-state index contributed by atoms with van der Waals surface area (Å²) < 4.78 is 23.4. The van der Waals surface area contributed by atoms with Gasteiger partial charge in [-0.25, -0.2) is 4.98 Å². The molecule has 1 saturated carbocycles. The van der Waals surface area contributed by atoms with Crippen LogP contribution in [0.1, 0.15) is 49.4 Å². The zero-order valence-electron chi connectivity index (χ0n) is 22.8. The maximum atomic E-state index is 13.8. The van der Waals surface area contributed by atoms with Crippen molar-refractivity contribution in [2.45, 2.75) is 37.4 Å². The van der Waals surface area contributed by atoms with Crippen molar-refractivity contribution in [2.75, 3.05) is 10.6 Å². The zero-order chi connectivity index (χ0) is 29.3. The van der Waals surface area contributed by atoms with Crippen molar-refractivity contribution in [1.29, 1.82) is 5.26 Å². The molecule has 0 bridgehead atoms. The van der Waals surface area contributed by atoms with Crippen LogP contribution in [0.4, 0.5) is 15.8 Å². The number of hydrogen-bond acceptors (Lipinski definition) is 8. The van der Waals surface area contributed by atoms with E-state index in [2.05, 4.69) is 43.6 Å². The lowest BCUT2D eigenvalue weighted by Gasteiger charge is -2.23. The van der Waals surface area contributed by atoms with E-state index in [1.165, 1.54) is 24.5 Å². The van der Waals surface area contributed by atoms with Gasteiger partial charge in [-0.05, 0) is 42.2 Å². The van der Waals surface area contributed by atoms with Crippen LogP contribution in [-0.2, 0) is 0 Å². The number of fused-ring (bicyclic) bond motifs is 1. The first-order chi connectivity index (χ1) is 20.4. The third-order valence-corrected chi connectivity index (χ3v) is 7.26. The number of nitrogens with one attached hydrogen (secondary N) is 4. The molecule has 0 amide bonds. The predicted octanol–water partition coefficient (Wildman–Crippen LogP) is 5.95. The second kappa shape index (κ2) is 11.3. The van der Waals surface area contributed by atoms with Crippen molar-refractivity contribution in [3.63, 3.8) is 0 Å². The molecular weight excluding hydrogens is 539 g/mol. The highest BCUT2D eigenvalue weighted by Crippen LogP contribution is 2.38. The van der Waals surface area contributed by atoms with E-state index in [0.717, 1.165) is 18.4 Å². The van der Waals surface area contributed by atoms with Crippen molar-refractivity contribution in [2.24, 2.45) is 0 Å². The molecule has 0 spiro atoms. The molecule has 4 aromatic rings. The summed E-state index contributed by atoms with van der Waals surface area (Å²) >= 11 is 6.75. The number of nitrogens with zero attached hydrogens (tertiary/aromatic N) is 4. The maximum absolute atomic E-state index is 13.8. The molecule has 2 aromatic carbocycles. The molecule has 6 rings (SSSR count). The molecule has 1 aliphatic carbocycles. The van der Waals surface area contributed by atoms with Crippen molar-refractivity contribution in [1.82, 2.24) is 25.9 Å². The number of terminal acetylenes is 1. The van der Waals surface area contributed by atoms with Crippen LogP contribution >= 0.6 is 11.6 Å². The largest absolute Gasteiger partial charge is 0.376 e. The predicted molar refractivity (Wildman–Crippen MR) is 157 cm³/mol. The highest BCUT2D eigenvalue weighted by molar-refractivity contribution is 6.35. The maximum Gasteiger partial charge on any atom is 0.212 e. The van der Waals surface area contributed by atoms with Crippen LogP contribution in [0.3, 0.4) is 0 Å². The number of aromatic nitrogens is 2. The van der Waals surface area contributed by atoms with E-state index >= 15 is 0 Å². The molecule has 10 heteroatoms. The van der Waals surface area contributed by atoms with E-state index in [1.54, 1.807) is 12.1 Å². The molecule has 2 aliphatic rings. The average Bonchev–Trinajstić information content (AvgIpc) is 3.73. The fraction of sp³-hybridized carbons (Fsp3) is 0.194. The molecule has 0 saturated heterocycles. The summed E-state index contributed by atoms with van der Waals surface area (Å²) in [5.41, 5.74) is 9.83. The Labute approximate surface area is 243 Å². The second-order valence-corrected chi connectivity index (χ2v) is 10.2. The molecular formula is C31H26ClFN8. The van der Waals surface area contributed by atoms with Crippen molar-refractivity contribution < 1.29 is 5.76 Å². The molecule has 1 aliphatic heterocycles. The van der Waals surface area contributed by atoms with E-state index < -0.39 is 12.0 Å². The molecule has 0 unspecified atom stereocenters. The van der Waals surface area contributed by atoms with Crippen molar-refractivity contribution in [3.8, 4) is 18.4 Å². The fourth-order valence-corrected chi connectivity index (χ4v) is 5.04. The third-order valence-electron chi connectivity index (χ3n) is 6.97. The Morgan fingerprint density at radius 1 is 1.15 bits per heavy atom. The highest BCUT2D eigenvalue weighted by atomic mass is 35.5. The second-order valence-electron chi connectivity index (χ2n) is 9.82. The number of nitriles is 1. The van der Waals surface area contributed by atoms with Gasteiger partial charge in [0.15, 0.2) is 0 Å². The van der Waals surface area contributed by atoms with Crippen LogP contribution in [0.5, 0.6) is 0 Å². The van der Waals surface area contributed by atoms with E-state index in [1.807, 2.05) is 41.5 Å². The SMILES string of the molecule is [2H][C@](Nc1cc(Cl)c2ncc(C#N)c(N[C@H](CC#C)c3ccccc3)c2c1)(C1=CN(C2CC2)NN1)c1ccc(F)nc1. The number of halogens is 2. The van der Waals surface area contributed by atoms with Gasteiger partial charge in [0.2, 0.25) is 5.95 Å². The van der Waals surface area contributed by atoms with Crippen LogP contribution < -0.4 is 21.6 Å². The number of hydrazine groups is 2. The number of hydrogen-bond donors (Lipinski definition) is 4. The number of anilines is 2. The zero-order valence-corrected chi connectivity index (χ0v) is 22.6. The summed E-state index contributed by atoms with van der Waals surface area (Å²) in [6.45, 7) is 0. The number of rotatable bonds is 9. The summed E-state index contributed by atoms with van der Waals surface area (Å²) in [6, 6.07) is 16.6. The first-order valence-corrected chi connectivity index (χ1v) is 13.5. The van der Waals surface area contributed by atoms with Gasteiger partial charge in [-0.15, -0.1) is 17.9 Å². The van der Waals surface area contributed by atoms with Gasteiger partial charge in [-0.3, -0.25) is 9.99 Å². The molecule has 8 nitrogen and oxygen atoms in total. The summed E-state index contributed by atoms with van der Waals surface area (Å²) in [5, 5.41) is 19.5. The first kappa shape index (κ1) is 25.2. The van der Waals surface area contributed by atoms with Gasteiger partial charge in [0.25, 0.3) is 0 Å². The van der Waals surface area contributed by atoms with E-state index in [4.69, 9.17) is 18.0 Å². The molecule has 41 heavy (non-hydrogen) atoms. The van der Waals surface area contributed by atoms with Gasteiger partial charge in [0.1, 0.15) is 6.07 Å². The third kappa shape index (κ3) is 5.59. The smallest absolute Gasteiger partial charge is 0.212 e. The topological polar surface area (TPSA) is 101 Å². The van der Waals surface area contributed by atoms with Gasteiger partial charge in [0.05, 0.1) is 40.9 Å². The Morgan fingerprint density at radius 2 is 1.98 bits per heavy atom. The van der Waals surface area contributed by atoms with Crippen molar-refractivity contribution >= 4 is 33.9 Å². The summed E-state index contributed by atoms with van der Waals surface area (Å²) in [7, 11) is 0. The normalized spacial score (nSPS) is 16.9. The Morgan fingerprint density at radius 3 is 2.68 bits per heavy atom. The average molecular weight is 566 g/mol. The van der Waals surface area contributed by atoms with Crippen LogP contribution in [0.25, 0.3) is 10.9 Å². The Kier molecular flexibility index (Phi) is 6.96. The monoisotopic (exact) mass is 565 g/mol. The fourth-order valence-electron chi connectivity index (χ4n) is 4.77. The summed E-state index contributed by atoms with van der Waals surface area (Å²) in [4.78, 5) is 8.25. The standard InChI is InChI=1S/C31H26ClFN8/c1-2-6-26(19-7-4-3-5-8-19)38-29-21(15-34)17-36-31-24(29)13-22(14-25(31)32)37-30(20-9-12-28(33)35-16-20)27-18-41(40-39-27)23-10-11-23/h1,3-5,7-9,12-14,16-18,23,26,30,37,39-40H,6,10-11H2,(H,36,38)/t26-,30-/m1/s1/i30D. The Hall–Kier alpha value is -4.83. The van der Waals surface area contributed by atoms with Crippen molar-refractivity contribution in [3.05, 3.63) is 107 Å². The minimum atomic E-state index is -1.61. The van der Waals surface area contributed by atoms with Gasteiger partial charge >= 0.3 is 0 Å². The molecule has 0 radical (unpaired) electrons. The lowest BCUT2D eigenvalue weighted by molar-refractivity contribution is 0.260. The Balaban J connectivity index is 1.45. The lowest BCUT2D eigenvalue weighted by Crippen LogP contribution is -2.38. The minimum Gasteiger partial charge on any atom is -0.376 e. The first-order valence-electron chi connectivity index (χ1n) is 13.6. The van der Waals surface area contributed by atoms with Gasteiger partial charge < -0.3 is 16.1 Å². The molecule has 2 aromatic heterocycles. The van der Waals surface area contributed by atoms with Crippen LogP contribution in [0.2, 0.25) is 5.02 Å². The lowest BCUT2D eigenvalue weighted by atomic mass is 10.0. The molecule has 1 fully saturated rings. The summed E-state index contributed by atoms with van der Waals surface area (Å²) in [5.74, 6) is 2.07. The van der Waals surface area contributed by atoms with E-state index in [9.17, 15) is 11.0 Å². The number of pyridine rings is 2. The minimum absolute atomic E-state index is 0.280. The highest BCUT2D eigenvalue weighted by Gasteiger charge is 2.32. The van der Waals surface area contributed by atoms with Gasteiger partial charge in [-0.1, -0.05) is 48.0 Å². The Bertz CT molecular complexity index is 1750. The van der Waals surface area contributed by atoms with Crippen LogP contribution in [0, 0.1) is 29.6 Å². The van der Waals surface area contributed by atoms with Gasteiger partial charge in [-0.2, -0.15) is 9.65 Å². The van der Waals surface area contributed by atoms with E-state index in [0.29, 0.717) is 56.6 Å². The summed E-state index contributed by atoms with van der Waals surface area (Å²) in [6.07, 6.45) is 12.8. The van der Waals surface area contributed by atoms with Crippen LogP contribution in [0.15, 0.2) is 78.9 Å². The molecule has 204 valence electrons. The van der Waals surface area contributed by atoms with Crippen LogP contribution in [-0.4, -0.2) is 21.0 Å². The molecule has 4 N–H and O–H groups in total. The molecule has 3 heterocycles. The van der Waals surface area contributed by atoms with Gasteiger partial charge in [0, 0.05) is 42.1 Å². The molecule has 2 atom stereocenters. The quantitative estimate of drug-likeness (QED) is 0.146. The number of benzene rings is 2. The van der Waals surface area contributed by atoms with E-state index in [-0.39, 0.29) is 6.04 Å².